The summed E-state index contributed by atoms with van der Waals surface area (Å²) in [4.78, 5) is 8.78. The van der Waals surface area contributed by atoms with Crippen LogP contribution in [-0.4, -0.2) is 67.6 Å². The van der Waals surface area contributed by atoms with Crippen molar-refractivity contribution in [1.82, 2.24) is 9.80 Å². The number of benzene rings is 1. The molecule has 0 aliphatic carbocycles. The Kier molecular flexibility index (Phi) is 9.73. The Balaban J connectivity index is 0.00000264. The van der Waals surface area contributed by atoms with Crippen molar-refractivity contribution in [2.24, 2.45) is 10.7 Å². The molecule has 0 spiro atoms. The van der Waals surface area contributed by atoms with Gasteiger partial charge < -0.3 is 20.3 Å². The molecule has 0 unspecified atom stereocenters. The van der Waals surface area contributed by atoms with Crippen LogP contribution in [0.2, 0.25) is 0 Å². The van der Waals surface area contributed by atoms with Gasteiger partial charge in [0.1, 0.15) is 12.4 Å². The van der Waals surface area contributed by atoms with Crippen LogP contribution in [0.15, 0.2) is 29.3 Å². The average molecular weight is 450 g/mol. The Bertz CT molecular complexity index is 493. The van der Waals surface area contributed by atoms with Crippen molar-refractivity contribution in [3.05, 3.63) is 29.8 Å². The molecule has 0 radical (unpaired) electrons. The second kappa shape index (κ2) is 11.0. The van der Waals surface area contributed by atoms with E-state index in [0.29, 0.717) is 19.1 Å². The van der Waals surface area contributed by atoms with Crippen LogP contribution in [0.4, 0.5) is 0 Å². The SMILES string of the molecule is CN(C)CCOc1cccc(CN=C(N)N2CCSCC2)c1.I. The Morgan fingerprint density at radius 1 is 1.35 bits per heavy atom. The van der Waals surface area contributed by atoms with Crippen LogP contribution in [0.5, 0.6) is 5.75 Å². The van der Waals surface area contributed by atoms with Crippen molar-refractivity contribution < 1.29 is 4.74 Å². The maximum Gasteiger partial charge on any atom is 0.191 e. The first-order valence-electron chi connectivity index (χ1n) is 7.64. The molecule has 0 atom stereocenters. The van der Waals surface area contributed by atoms with Gasteiger partial charge in [0.25, 0.3) is 0 Å². The van der Waals surface area contributed by atoms with Crippen LogP contribution in [0, 0.1) is 0 Å². The minimum atomic E-state index is 0. The average Bonchev–Trinajstić information content (AvgIpc) is 2.53. The van der Waals surface area contributed by atoms with E-state index in [4.69, 9.17) is 10.5 Å². The predicted octanol–water partition coefficient (Wildman–Crippen LogP) is 2.11. The van der Waals surface area contributed by atoms with Crippen LogP contribution in [0.1, 0.15) is 5.56 Å². The highest BCUT2D eigenvalue weighted by Gasteiger charge is 2.11. The summed E-state index contributed by atoms with van der Waals surface area (Å²) in [7, 11) is 4.08. The first-order valence-corrected chi connectivity index (χ1v) is 8.79. The van der Waals surface area contributed by atoms with E-state index >= 15 is 0 Å². The van der Waals surface area contributed by atoms with Gasteiger partial charge >= 0.3 is 0 Å². The number of likely N-dealkylation sites (N-methyl/N-ethyl adjacent to an activating group) is 1. The monoisotopic (exact) mass is 450 g/mol. The lowest BCUT2D eigenvalue weighted by Crippen LogP contribution is -2.42. The number of aliphatic imine (C=N–C) groups is 1. The van der Waals surface area contributed by atoms with E-state index in [1.807, 2.05) is 44.1 Å². The van der Waals surface area contributed by atoms with Gasteiger partial charge in [0.15, 0.2) is 5.96 Å². The van der Waals surface area contributed by atoms with E-state index in [1.165, 1.54) is 0 Å². The van der Waals surface area contributed by atoms with Gasteiger partial charge in [0, 0.05) is 31.1 Å². The van der Waals surface area contributed by atoms with Crippen molar-refractivity contribution in [2.45, 2.75) is 6.54 Å². The van der Waals surface area contributed by atoms with Gasteiger partial charge in [0.2, 0.25) is 0 Å². The highest BCUT2D eigenvalue weighted by molar-refractivity contribution is 14.0. The number of nitrogens with two attached hydrogens (primary N) is 1. The number of thioether (sulfide) groups is 1. The van der Waals surface area contributed by atoms with Crippen LogP contribution in [0.25, 0.3) is 0 Å². The fourth-order valence-corrected chi connectivity index (χ4v) is 3.05. The molecule has 2 rings (SSSR count). The smallest absolute Gasteiger partial charge is 0.191 e. The number of ether oxygens (including phenoxy) is 1. The van der Waals surface area contributed by atoms with E-state index < -0.39 is 0 Å². The number of halogens is 1. The second-order valence-corrected chi connectivity index (χ2v) is 6.80. The van der Waals surface area contributed by atoms with Gasteiger partial charge in [-0.1, -0.05) is 12.1 Å². The molecule has 0 saturated carbocycles. The van der Waals surface area contributed by atoms with Crippen molar-refractivity contribution in [3.8, 4) is 5.75 Å². The number of hydrogen-bond acceptors (Lipinski definition) is 4. The molecule has 1 aromatic carbocycles. The predicted molar refractivity (Wildman–Crippen MR) is 110 cm³/mol. The topological polar surface area (TPSA) is 54.1 Å². The number of hydrogen-bond donors (Lipinski definition) is 1. The van der Waals surface area contributed by atoms with Gasteiger partial charge in [-0.25, -0.2) is 4.99 Å². The molecule has 1 heterocycles. The van der Waals surface area contributed by atoms with Crippen LogP contribution in [0.3, 0.4) is 0 Å². The molecule has 1 aromatic rings. The summed E-state index contributed by atoms with van der Waals surface area (Å²) in [5.41, 5.74) is 7.20. The fraction of sp³-hybridized carbons (Fsp3) is 0.562. The normalized spacial score (nSPS) is 15.4. The summed E-state index contributed by atoms with van der Waals surface area (Å²) in [6, 6.07) is 8.08. The standard InChI is InChI=1S/C16H26N4OS.HI/c1-19(2)6-9-21-15-5-3-4-14(12-15)13-18-16(17)20-7-10-22-11-8-20;/h3-5,12H,6-11,13H2,1-2H3,(H2,17,18);1H. The minimum absolute atomic E-state index is 0. The zero-order chi connectivity index (χ0) is 15.8. The fourth-order valence-electron chi connectivity index (χ4n) is 2.14. The zero-order valence-corrected chi connectivity index (χ0v) is 17.0. The van der Waals surface area contributed by atoms with Crippen molar-refractivity contribution in [2.75, 3.05) is 51.8 Å². The number of guanidine groups is 1. The van der Waals surface area contributed by atoms with Gasteiger partial charge in [-0.3, -0.25) is 0 Å². The summed E-state index contributed by atoms with van der Waals surface area (Å²) in [5, 5.41) is 0. The van der Waals surface area contributed by atoms with E-state index in [2.05, 4.69) is 20.9 Å². The van der Waals surface area contributed by atoms with E-state index in [-0.39, 0.29) is 24.0 Å². The third-order valence-electron chi connectivity index (χ3n) is 3.46. The maximum absolute atomic E-state index is 6.08. The molecule has 1 aliphatic heterocycles. The first kappa shape index (κ1) is 20.4. The van der Waals surface area contributed by atoms with Crippen molar-refractivity contribution in [1.29, 1.82) is 0 Å². The molecular formula is C16H27IN4OS. The number of rotatable bonds is 6. The van der Waals surface area contributed by atoms with Gasteiger partial charge in [-0.2, -0.15) is 11.8 Å². The minimum Gasteiger partial charge on any atom is -0.492 e. The van der Waals surface area contributed by atoms with Crippen LogP contribution >= 0.6 is 35.7 Å². The summed E-state index contributed by atoms with van der Waals surface area (Å²) >= 11 is 1.97. The molecule has 0 aromatic heterocycles. The highest BCUT2D eigenvalue weighted by atomic mass is 127. The third-order valence-corrected chi connectivity index (χ3v) is 4.41. The Hall–Kier alpha value is -0.670. The third kappa shape index (κ3) is 7.63. The second-order valence-electron chi connectivity index (χ2n) is 5.57. The van der Waals surface area contributed by atoms with Gasteiger partial charge in [0.05, 0.1) is 6.54 Å². The summed E-state index contributed by atoms with van der Waals surface area (Å²) in [5.74, 6) is 3.80. The molecule has 1 saturated heterocycles. The van der Waals surface area contributed by atoms with Gasteiger partial charge in [-0.05, 0) is 31.8 Å². The largest absolute Gasteiger partial charge is 0.492 e. The van der Waals surface area contributed by atoms with E-state index in [1.54, 1.807) is 0 Å². The van der Waals surface area contributed by atoms with Crippen molar-refractivity contribution >= 4 is 41.7 Å². The van der Waals surface area contributed by atoms with Crippen molar-refractivity contribution in [3.63, 3.8) is 0 Å². The lowest BCUT2D eigenvalue weighted by molar-refractivity contribution is 0.261. The maximum atomic E-state index is 6.08. The Morgan fingerprint density at radius 3 is 2.78 bits per heavy atom. The Labute approximate surface area is 160 Å². The van der Waals surface area contributed by atoms with Crippen LogP contribution < -0.4 is 10.5 Å². The molecule has 23 heavy (non-hydrogen) atoms. The van der Waals surface area contributed by atoms with Crippen LogP contribution in [-0.2, 0) is 6.54 Å². The summed E-state index contributed by atoms with van der Waals surface area (Å²) < 4.78 is 5.75. The molecule has 7 heteroatoms. The lowest BCUT2D eigenvalue weighted by atomic mass is 10.2. The summed E-state index contributed by atoms with van der Waals surface area (Å²) in [6.45, 7) is 4.18. The molecule has 0 amide bonds. The van der Waals surface area contributed by atoms with E-state index in [0.717, 1.165) is 42.5 Å². The zero-order valence-electron chi connectivity index (χ0n) is 13.9. The highest BCUT2D eigenvalue weighted by Crippen LogP contribution is 2.14. The molecule has 0 bridgehead atoms. The molecule has 1 fully saturated rings. The summed E-state index contributed by atoms with van der Waals surface area (Å²) in [6.07, 6.45) is 0. The molecule has 5 nitrogen and oxygen atoms in total. The number of nitrogens with zero attached hydrogens (tertiary/aromatic N) is 3. The van der Waals surface area contributed by atoms with Gasteiger partial charge in [-0.15, -0.1) is 24.0 Å². The molecule has 130 valence electrons. The molecule has 2 N–H and O–H groups in total. The molecule has 1 aliphatic rings. The Morgan fingerprint density at radius 2 is 2.09 bits per heavy atom. The first-order chi connectivity index (χ1) is 10.6. The quantitative estimate of drug-likeness (QED) is 0.409. The van der Waals surface area contributed by atoms with E-state index in [9.17, 15) is 0 Å². The lowest BCUT2D eigenvalue weighted by Gasteiger charge is -2.27. The molecular weight excluding hydrogens is 423 g/mol.